The predicted octanol–water partition coefficient (Wildman–Crippen LogP) is 0.460. The third kappa shape index (κ3) is 6.95. The summed E-state index contributed by atoms with van der Waals surface area (Å²) in [6, 6.07) is 0.0946. The van der Waals surface area contributed by atoms with E-state index in [2.05, 4.69) is 38.9 Å². The van der Waals surface area contributed by atoms with Crippen molar-refractivity contribution >= 4 is 31.1 Å². The number of nitrogens with zero attached hydrogens (tertiary/aromatic N) is 3. The number of amidine groups is 1. The molecule has 0 aliphatic heterocycles. The number of nitrogen functional groups attached to an aromatic ring is 1. The van der Waals surface area contributed by atoms with Gasteiger partial charge in [0, 0.05) is 0 Å². The summed E-state index contributed by atoms with van der Waals surface area (Å²) >= 11 is 0. The zero-order valence-electron chi connectivity index (χ0n) is 14.5. The van der Waals surface area contributed by atoms with Gasteiger partial charge in [0.15, 0.2) is 0 Å². The van der Waals surface area contributed by atoms with Gasteiger partial charge in [-0.2, -0.15) is 0 Å². The van der Waals surface area contributed by atoms with E-state index in [0.29, 0.717) is 23.8 Å². The third-order valence-electron chi connectivity index (χ3n) is 3.40. The van der Waals surface area contributed by atoms with Gasteiger partial charge in [0.2, 0.25) is 0 Å². The summed E-state index contributed by atoms with van der Waals surface area (Å²) in [5, 5.41) is 15.5. The number of hydrogen-bond donors (Lipinski definition) is 4. The molecule has 1 rings (SSSR count). The van der Waals surface area contributed by atoms with Crippen LogP contribution in [0.3, 0.4) is 0 Å². The van der Waals surface area contributed by atoms with Crippen LogP contribution in [0.25, 0.3) is 0 Å². The molecular weight excluding hydrogens is 307 g/mol. The molecule has 0 saturated heterocycles. The molecule has 0 aromatic carbocycles. The van der Waals surface area contributed by atoms with E-state index in [-0.39, 0.29) is 25.2 Å². The SMILES string of the molecule is C=BN=C(COc1cnc(N)nc1NC(CCO)CCCC)NC. The van der Waals surface area contributed by atoms with Gasteiger partial charge >= 0.3 is 143 Å². The van der Waals surface area contributed by atoms with Crippen LogP contribution in [0.4, 0.5) is 11.8 Å². The molecule has 0 amide bonds. The molecule has 0 spiro atoms. The quantitative estimate of drug-likeness (QED) is 0.264. The summed E-state index contributed by atoms with van der Waals surface area (Å²) in [5.74, 6) is 1.80. The fourth-order valence-corrected chi connectivity index (χ4v) is 2.11. The second-order valence-electron chi connectivity index (χ2n) is 5.23. The number of anilines is 2. The predicted molar refractivity (Wildman–Crippen MR) is 99.9 cm³/mol. The Balaban J connectivity index is 2.86. The zero-order valence-corrected chi connectivity index (χ0v) is 14.5. The molecule has 1 aromatic heterocycles. The number of aliphatic hydroxyl groups excluding tert-OH is 1. The van der Waals surface area contributed by atoms with E-state index >= 15 is 0 Å². The third-order valence-corrected chi connectivity index (χ3v) is 3.40. The maximum absolute atomic E-state index is 9.24. The molecular formula is C15H27BN6O2. The molecule has 8 nitrogen and oxygen atoms in total. The molecule has 1 heterocycles. The van der Waals surface area contributed by atoms with E-state index in [4.69, 9.17) is 10.5 Å². The summed E-state index contributed by atoms with van der Waals surface area (Å²) in [5.41, 5.74) is 5.69. The van der Waals surface area contributed by atoms with Crippen molar-refractivity contribution in [2.24, 2.45) is 4.90 Å². The second kappa shape index (κ2) is 11.4. The number of nitrogens with one attached hydrogen (secondary N) is 2. The Morgan fingerprint density at radius 2 is 2.33 bits per heavy atom. The first kappa shape index (κ1) is 19.9. The summed E-state index contributed by atoms with van der Waals surface area (Å²) < 4.78 is 5.73. The van der Waals surface area contributed by atoms with Crippen molar-refractivity contribution in [2.75, 3.05) is 31.3 Å². The first-order chi connectivity index (χ1) is 11.6. The minimum absolute atomic E-state index is 0.0946. The Morgan fingerprint density at radius 1 is 1.54 bits per heavy atom. The molecule has 0 aliphatic rings. The molecule has 1 aromatic rings. The molecule has 0 fully saturated rings. The zero-order chi connectivity index (χ0) is 17.8. The Kier molecular flexibility index (Phi) is 9.44. The van der Waals surface area contributed by atoms with E-state index in [1.165, 1.54) is 13.3 Å². The van der Waals surface area contributed by atoms with Crippen molar-refractivity contribution in [3.63, 3.8) is 0 Å². The molecule has 132 valence electrons. The van der Waals surface area contributed by atoms with Crippen molar-refractivity contribution in [1.29, 1.82) is 0 Å². The van der Waals surface area contributed by atoms with Gasteiger partial charge in [-0.15, -0.1) is 0 Å². The number of nitrogens with two attached hydrogens (primary N) is 1. The second-order valence-corrected chi connectivity index (χ2v) is 5.23. The van der Waals surface area contributed by atoms with E-state index in [9.17, 15) is 5.11 Å². The van der Waals surface area contributed by atoms with Gasteiger partial charge in [-0.1, -0.05) is 0 Å². The molecule has 9 heteroatoms. The van der Waals surface area contributed by atoms with Crippen molar-refractivity contribution in [3.8, 4) is 5.75 Å². The Morgan fingerprint density at radius 3 is 2.96 bits per heavy atom. The van der Waals surface area contributed by atoms with Crippen molar-refractivity contribution in [2.45, 2.75) is 38.6 Å². The number of unbranched alkanes of at least 4 members (excludes halogenated alkanes) is 1. The van der Waals surface area contributed by atoms with Gasteiger partial charge < -0.3 is 0 Å². The first-order valence-electron chi connectivity index (χ1n) is 8.12. The fourth-order valence-electron chi connectivity index (χ4n) is 2.11. The van der Waals surface area contributed by atoms with Gasteiger partial charge in [-0.05, 0) is 0 Å². The van der Waals surface area contributed by atoms with E-state index in [1.807, 2.05) is 0 Å². The van der Waals surface area contributed by atoms with Crippen LogP contribution in [0.15, 0.2) is 11.1 Å². The van der Waals surface area contributed by atoms with Crippen LogP contribution in [0.1, 0.15) is 32.6 Å². The Hall–Kier alpha value is -2.16. The molecule has 5 N–H and O–H groups in total. The number of hydrogen-bond acceptors (Lipinski definition) is 7. The first-order valence-corrected chi connectivity index (χ1v) is 8.12. The standard InChI is InChI=1S/C15H27BN6O2/c1-4-5-6-11(7-8-23)20-14-12(9-19-15(17)21-14)24-10-13(18-3)22-16-2/h9,11,23H,2,4-8,10H2,1,3H3,(H,18,22)(H3,17,19,20,21). The van der Waals surface area contributed by atoms with Gasteiger partial charge in [0.1, 0.15) is 0 Å². The molecule has 0 radical (unpaired) electrons. The summed E-state index contributed by atoms with van der Waals surface area (Å²) in [6.45, 7) is 6.02. The fraction of sp³-hybridized carbons (Fsp3) is 0.600. The topological polar surface area (TPSA) is 118 Å². The minimum atomic E-state index is 0.0946. The summed E-state index contributed by atoms with van der Waals surface area (Å²) in [4.78, 5) is 12.3. The summed E-state index contributed by atoms with van der Waals surface area (Å²) in [6.07, 6.45) is 5.23. The normalized spacial score (nSPS) is 12.4. The molecule has 1 unspecified atom stereocenters. The average molecular weight is 334 g/mol. The van der Waals surface area contributed by atoms with Crippen LogP contribution < -0.4 is 21.1 Å². The number of likely N-dealkylation sites (N-methyl/N-ethyl adjacent to an activating group) is 1. The Labute approximate surface area is 143 Å². The van der Waals surface area contributed by atoms with Gasteiger partial charge in [-0.3, -0.25) is 0 Å². The summed E-state index contributed by atoms with van der Waals surface area (Å²) in [7, 11) is 3.20. The van der Waals surface area contributed by atoms with Gasteiger partial charge in [-0.25, -0.2) is 0 Å². The monoisotopic (exact) mass is 334 g/mol. The molecule has 0 saturated carbocycles. The molecule has 24 heavy (non-hydrogen) atoms. The number of rotatable bonds is 11. The van der Waals surface area contributed by atoms with Crippen LogP contribution >= 0.6 is 0 Å². The van der Waals surface area contributed by atoms with Gasteiger partial charge in [0.25, 0.3) is 0 Å². The van der Waals surface area contributed by atoms with Crippen LogP contribution in [0, 0.1) is 0 Å². The van der Waals surface area contributed by atoms with E-state index < -0.39 is 0 Å². The molecule has 0 aliphatic carbocycles. The number of ether oxygens (including phenoxy) is 1. The maximum atomic E-state index is 9.24. The van der Waals surface area contributed by atoms with Gasteiger partial charge in [0.05, 0.1) is 0 Å². The Bertz CT molecular complexity index is 541. The van der Waals surface area contributed by atoms with E-state index in [0.717, 1.165) is 19.3 Å². The average Bonchev–Trinajstić information content (AvgIpc) is 2.58. The van der Waals surface area contributed by atoms with Crippen LogP contribution in [0.2, 0.25) is 0 Å². The van der Waals surface area contributed by atoms with Crippen LogP contribution in [0.5, 0.6) is 5.75 Å². The molecule has 0 bridgehead atoms. The van der Waals surface area contributed by atoms with Crippen LogP contribution in [-0.4, -0.2) is 60.7 Å². The molecule has 1 atom stereocenters. The number of aromatic nitrogens is 2. The van der Waals surface area contributed by atoms with Crippen molar-refractivity contribution in [1.82, 2.24) is 15.3 Å². The van der Waals surface area contributed by atoms with Crippen molar-refractivity contribution < 1.29 is 9.84 Å². The van der Waals surface area contributed by atoms with Crippen LogP contribution in [-0.2, 0) is 0 Å². The van der Waals surface area contributed by atoms with E-state index in [1.54, 1.807) is 7.05 Å². The number of aliphatic hydroxyl groups is 1. The van der Waals surface area contributed by atoms with Crippen molar-refractivity contribution in [3.05, 3.63) is 6.20 Å².